The van der Waals surface area contributed by atoms with Gasteiger partial charge in [0.25, 0.3) is 0 Å². The van der Waals surface area contributed by atoms with E-state index in [4.69, 9.17) is 0 Å². The second-order valence-corrected chi connectivity index (χ2v) is 7.09. The Morgan fingerprint density at radius 2 is 2.22 bits per heavy atom. The van der Waals surface area contributed by atoms with Crippen molar-refractivity contribution in [3.63, 3.8) is 0 Å². The molecule has 1 aliphatic rings. The highest BCUT2D eigenvalue weighted by atomic mass is 127. The van der Waals surface area contributed by atoms with Crippen molar-refractivity contribution in [1.82, 2.24) is 25.4 Å². The molecule has 0 radical (unpaired) electrons. The molecule has 0 spiro atoms. The number of guanidine groups is 1. The Hall–Kier alpha value is -0.510. The molecule has 1 unspecified atom stereocenters. The van der Waals surface area contributed by atoms with Gasteiger partial charge in [-0.3, -0.25) is 0 Å². The maximum atomic E-state index is 4.66. The Bertz CT molecular complexity index is 484. The van der Waals surface area contributed by atoms with Gasteiger partial charge in [-0.2, -0.15) is 11.8 Å². The normalized spacial score (nSPS) is 17.9. The van der Waals surface area contributed by atoms with Crippen LogP contribution in [0.4, 0.5) is 0 Å². The van der Waals surface area contributed by atoms with Crippen LogP contribution in [0.5, 0.6) is 0 Å². The second-order valence-electron chi connectivity index (χ2n) is 5.68. The van der Waals surface area contributed by atoms with Crippen molar-refractivity contribution in [3.05, 3.63) is 11.6 Å². The topological polar surface area (TPSA) is 67.1 Å². The van der Waals surface area contributed by atoms with Gasteiger partial charge in [-0.05, 0) is 31.9 Å². The third kappa shape index (κ3) is 6.86. The van der Waals surface area contributed by atoms with Crippen LogP contribution in [-0.2, 0) is 13.6 Å². The zero-order chi connectivity index (χ0) is 15.8. The number of thioether (sulfide) groups is 1. The summed E-state index contributed by atoms with van der Waals surface area (Å²) in [6.07, 6.45) is 4.98. The molecule has 0 aliphatic carbocycles. The van der Waals surface area contributed by atoms with Gasteiger partial charge < -0.3 is 15.2 Å². The van der Waals surface area contributed by atoms with E-state index in [0.29, 0.717) is 6.54 Å². The van der Waals surface area contributed by atoms with Crippen LogP contribution >= 0.6 is 35.7 Å². The summed E-state index contributed by atoms with van der Waals surface area (Å²) in [4.78, 5) is 4.66. The number of rotatable bonds is 7. The fourth-order valence-corrected chi connectivity index (χ4v) is 3.51. The number of aromatic nitrogens is 3. The third-order valence-electron chi connectivity index (χ3n) is 3.91. The number of aliphatic imine (C=N–C) groups is 1. The van der Waals surface area contributed by atoms with Crippen molar-refractivity contribution in [1.29, 1.82) is 0 Å². The van der Waals surface area contributed by atoms with Crippen LogP contribution in [0.2, 0.25) is 0 Å². The minimum absolute atomic E-state index is 0. The lowest BCUT2D eigenvalue weighted by atomic mass is 10.2. The lowest BCUT2D eigenvalue weighted by Crippen LogP contribution is -2.40. The first-order chi connectivity index (χ1) is 10.7. The van der Waals surface area contributed by atoms with Gasteiger partial charge in [-0.25, -0.2) is 4.99 Å². The number of hydrogen-bond donors (Lipinski definition) is 2. The number of unbranched alkanes of at least 4 members (excludes halogenated alkanes) is 1. The van der Waals surface area contributed by atoms with Crippen LogP contribution in [0.3, 0.4) is 0 Å². The van der Waals surface area contributed by atoms with E-state index in [1.54, 1.807) is 0 Å². The van der Waals surface area contributed by atoms with Crippen molar-refractivity contribution in [3.8, 4) is 0 Å². The molecule has 23 heavy (non-hydrogen) atoms. The summed E-state index contributed by atoms with van der Waals surface area (Å²) in [7, 11) is 1.98. The minimum atomic E-state index is 0. The molecule has 8 heteroatoms. The SMILES string of the molecule is CCCCNC(=NCc1nnc(C)n1C)NCC1CCCS1.I. The Morgan fingerprint density at radius 1 is 1.39 bits per heavy atom. The van der Waals surface area contributed by atoms with E-state index < -0.39 is 0 Å². The van der Waals surface area contributed by atoms with Gasteiger partial charge >= 0.3 is 0 Å². The van der Waals surface area contributed by atoms with Crippen molar-refractivity contribution < 1.29 is 0 Å². The predicted molar refractivity (Wildman–Crippen MR) is 109 cm³/mol. The van der Waals surface area contributed by atoms with Gasteiger partial charge in [0, 0.05) is 25.4 Å². The molecule has 1 aromatic rings. The van der Waals surface area contributed by atoms with Gasteiger partial charge in [-0.1, -0.05) is 13.3 Å². The lowest BCUT2D eigenvalue weighted by molar-refractivity contribution is 0.695. The molecule has 2 N–H and O–H groups in total. The summed E-state index contributed by atoms with van der Waals surface area (Å²) in [6, 6.07) is 0. The molecule has 6 nitrogen and oxygen atoms in total. The molecule has 1 saturated heterocycles. The molecule has 2 rings (SSSR count). The van der Waals surface area contributed by atoms with E-state index in [2.05, 4.69) is 44.5 Å². The highest BCUT2D eigenvalue weighted by Gasteiger charge is 2.15. The molecule has 2 heterocycles. The molecule has 132 valence electrons. The average Bonchev–Trinajstić information content (AvgIpc) is 3.14. The molecule has 0 aromatic carbocycles. The van der Waals surface area contributed by atoms with Crippen LogP contribution in [0.1, 0.15) is 44.3 Å². The van der Waals surface area contributed by atoms with E-state index in [0.717, 1.165) is 42.4 Å². The lowest BCUT2D eigenvalue weighted by Gasteiger charge is -2.15. The van der Waals surface area contributed by atoms with E-state index >= 15 is 0 Å². The third-order valence-corrected chi connectivity index (χ3v) is 5.30. The van der Waals surface area contributed by atoms with Crippen LogP contribution in [0, 0.1) is 6.92 Å². The fourth-order valence-electron chi connectivity index (χ4n) is 2.31. The Labute approximate surface area is 160 Å². The average molecular weight is 452 g/mol. The minimum Gasteiger partial charge on any atom is -0.356 e. The molecular formula is C15H29IN6S. The molecule has 1 fully saturated rings. The molecular weight excluding hydrogens is 423 g/mol. The largest absolute Gasteiger partial charge is 0.356 e. The highest BCUT2D eigenvalue weighted by Crippen LogP contribution is 2.25. The summed E-state index contributed by atoms with van der Waals surface area (Å²) >= 11 is 2.06. The number of nitrogens with zero attached hydrogens (tertiary/aromatic N) is 4. The summed E-state index contributed by atoms with van der Waals surface area (Å²) in [5.74, 6) is 3.99. The fraction of sp³-hybridized carbons (Fsp3) is 0.800. The van der Waals surface area contributed by atoms with Crippen molar-refractivity contribution in [2.24, 2.45) is 12.0 Å². The number of nitrogens with one attached hydrogen (secondary N) is 2. The van der Waals surface area contributed by atoms with Crippen LogP contribution < -0.4 is 10.6 Å². The van der Waals surface area contributed by atoms with Crippen LogP contribution in [0.15, 0.2) is 4.99 Å². The van der Waals surface area contributed by atoms with Crippen molar-refractivity contribution >= 4 is 41.7 Å². The Kier molecular flexibility index (Phi) is 9.92. The summed E-state index contributed by atoms with van der Waals surface area (Å²) in [5.41, 5.74) is 0. The first-order valence-electron chi connectivity index (χ1n) is 8.19. The maximum Gasteiger partial charge on any atom is 0.191 e. The number of halogens is 1. The number of aryl methyl sites for hydroxylation is 1. The van der Waals surface area contributed by atoms with E-state index in [-0.39, 0.29) is 24.0 Å². The molecule has 1 aliphatic heterocycles. The highest BCUT2D eigenvalue weighted by molar-refractivity contribution is 14.0. The van der Waals surface area contributed by atoms with Gasteiger partial charge in [0.2, 0.25) is 0 Å². The van der Waals surface area contributed by atoms with E-state index in [9.17, 15) is 0 Å². The summed E-state index contributed by atoms with van der Waals surface area (Å²) < 4.78 is 1.99. The molecule has 0 amide bonds. The standard InChI is InChI=1S/C15H28N6S.HI/c1-4-5-8-16-15(17-10-13-7-6-9-22-13)18-11-14-20-19-12(2)21(14)3;/h13H,4-11H2,1-3H3,(H2,16,17,18);1H. The van der Waals surface area contributed by atoms with E-state index in [1.807, 2.05) is 18.5 Å². The van der Waals surface area contributed by atoms with Gasteiger partial charge in [0.15, 0.2) is 11.8 Å². The quantitative estimate of drug-likeness (QED) is 0.288. The van der Waals surface area contributed by atoms with E-state index in [1.165, 1.54) is 25.0 Å². The Balaban J connectivity index is 0.00000264. The van der Waals surface area contributed by atoms with Gasteiger partial charge in [0.05, 0.1) is 0 Å². The van der Waals surface area contributed by atoms with Crippen LogP contribution in [0.25, 0.3) is 0 Å². The Morgan fingerprint density at radius 3 is 2.83 bits per heavy atom. The maximum absolute atomic E-state index is 4.66. The first kappa shape index (κ1) is 20.5. The smallest absolute Gasteiger partial charge is 0.191 e. The number of hydrogen-bond acceptors (Lipinski definition) is 4. The van der Waals surface area contributed by atoms with Gasteiger partial charge in [0.1, 0.15) is 12.4 Å². The summed E-state index contributed by atoms with van der Waals surface area (Å²) in [6.45, 7) is 6.65. The van der Waals surface area contributed by atoms with Crippen molar-refractivity contribution in [2.45, 2.75) is 51.3 Å². The molecule has 1 aromatic heterocycles. The predicted octanol–water partition coefficient (Wildman–Crippen LogP) is 2.47. The van der Waals surface area contributed by atoms with Gasteiger partial charge in [-0.15, -0.1) is 34.2 Å². The zero-order valence-corrected chi connectivity index (χ0v) is 17.5. The molecule has 1 atom stereocenters. The van der Waals surface area contributed by atoms with Crippen molar-refractivity contribution in [2.75, 3.05) is 18.8 Å². The first-order valence-corrected chi connectivity index (χ1v) is 9.24. The molecule has 0 saturated carbocycles. The monoisotopic (exact) mass is 452 g/mol. The summed E-state index contributed by atoms with van der Waals surface area (Å²) in [5, 5.41) is 15.9. The zero-order valence-electron chi connectivity index (χ0n) is 14.3. The molecule has 0 bridgehead atoms. The van der Waals surface area contributed by atoms with Crippen LogP contribution in [-0.4, -0.2) is 44.8 Å². The second kappa shape index (κ2) is 11.1.